The van der Waals surface area contributed by atoms with E-state index >= 15 is 0 Å². The van der Waals surface area contributed by atoms with Gasteiger partial charge < -0.3 is 15.6 Å². The van der Waals surface area contributed by atoms with E-state index in [1.54, 1.807) is 31.3 Å². The molecule has 3 N–H and O–H groups in total. The molecule has 2 heterocycles. The second-order valence-corrected chi connectivity index (χ2v) is 7.96. The van der Waals surface area contributed by atoms with Crippen molar-refractivity contribution in [1.29, 1.82) is 0 Å². The molecule has 1 aliphatic heterocycles. The number of hydrogen-bond donors (Lipinski definition) is 3. The van der Waals surface area contributed by atoms with Gasteiger partial charge in [-0.05, 0) is 49.9 Å². The van der Waals surface area contributed by atoms with Crippen molar-refractivity contribution in [3.8, 4) is 0 Å². The molecule has 0 saturated carbocycles. The smallest absolute Gasteiger partial charge is 0.261 e. The Hall–Kier alpha value is -2.88. The molecule has 33 heavy (non-hydrogen) atoms. The molecule has 3 aromatic rings. The van der Waals surface area contributed by atoms with Crippen LogP contribution in [0, 0.1) is 6.92 Å². The van der Waals surface area contributed by atoms with Gasteiger partial charge in [-0.1, -0.05) is 30.3 Å². The lowest BCUT2D eigenvalue weighted by Gasteiger charge is -2.15. The number of amides is 2. The number of fused-ring (bicyclic) bond motifs is 2. The average molecular weight is 559 g/mol. The summed E-state index contributed by atoms with van der Waals surface area (Å²) in [5.74, 6) is 0.371. The lowest BCUT2D eigenvalue weighted by Crippen LogP contribution is -2.39. The number of hydrogen-bond acceptors (Lipinski definition) is 3. The van der Waals surface area contributed by atoms with E-state index in [2.05, 4.69) is 45.7 Å². The number of unbranched alkanes of at least 4 members (excludes halogenated alkanes) is 1. The third kappa shape index (κ3) is 5.38. The minimum absolute atomic E-state index is 0. The Balaban J connectivity index is 0.00000306. The summed E-state index contributed by atoms with van der Waals surface area (Å²) in [6.07, 6.45) is 2.47. The predicted molar refractivity (Wildman–Crippen MR) is 143 cm³/mol. The fourth-order valence-corrected chi connectivity index (χ4v) is 4.23. The van der Waals surface area contributed by atoms with E-state index in [0.717, 1.165) is 38.3 Å². The van der Waals surface area contributed by atoms with Gasteiger partial charge in [-0.3, -0.25) is 19.5 Å². The van der Waals surface area contributed by atoms with Crippen molar-refractivity contribution in [3.05, 3.63) is 70.9 Å². The summed E-state index contributed by atoms with van der Waals surface area (Å²) < 4.78 is 0. The van der Waals surface area contributed by atoms with Gasteiger partial charge in [0, 0.05) is 43.3 Å². The highest BCUT2D eigenvalue weighted by atomic mass is 127. The van der Waals surface area contributed by atoms with E-state index < -0.39 is 0 Å². The van der Waals surface area contributed by atoms with Crippen LogP contribution in [0.25, 0.3) is 10.9 Å². The molecule has 0 unspecified atom stereocenters. The van der Waals surface area contributed by atoms with Crippen LogP contribution in [0.3, 0.4) is 0 Å². The Morgan fingerprint density at radius 2 is 1.58 bits per heavy atom. The Labute approximate surface area is 211 Å². The maximum absolute atomic E-state index is 12.4. The number of para-hydroxylation sites is 1. The topological polar surface area (TPSA) is 89.6 Å². The lowest BCUT2D eigenvalue weighted by molar-refractivity contribution is 0.0652. The Morgan fingerprint density at radius 1 is 0.939 bits per heavy atom. The van der Waals surface area contributed by atoms with E-state index in [9.17, 15) is 9.59 Å². The van der Waals surface area contributed by atoms with Gasteiger partial charge in [0.15, 0.2) is 5.96 Å². The molecule has 174 valence electrons. The van der Waals surface area contributed by atoms with Gasteiger partial charge in [0.05, 0.1) is 11.1 Å². The third-order valence-corrected chi connectivity index (χ3v) is 5.90. The van der Waals surface area contributed by atoms with E-state index in [0.29, 0.717) is 17.7 Å². The zero-order valence-electron chi connectivity index (χ0n) is 19.0. The lowest BCUT2D eigenvalue weighted by atomic mass is 10.1. The molecule has 1 aromatic heterocycles. The van der Waals surface area contributed by atoms with Gasteiger partial charge in [-0.15, -0.1) is 24.0 Å². The molecule has 0 radical (unpaired) electrons. The monoisotopic (exact) mass is 559 g/mol. The number of carbonyl (C=O) groups is 2. The molecule has 4 rings (SSSR count). The number of aryl methyl sites for hydroxylation is 1. The highest BCUT2D eigenvalue weighted by Gasteiger charge is 2.34. The summed E-state index contributed by atoms with van der Waals surface area (Å²) in [7, 11) is 1.76. The van der Waals surface area contributed by atoms with Crippen molar-refractivity contribution >= 4 is 52.7 Å². The molecule has 0 aliphatic carbocycles. The number of aliphatic imine (C=N–C) groups is 1. The average Bonchev–Trinajstić information content (AvgIpc) is 3.26. The minimum atomic E-state index is -0.191. The number of imide groups is 1. The second-order valence-electron chi connectivity index (χ2n) is 7.96. The van der Waals surface area contributed by atoms with Crippen molar-refractivity contribution < 1.29 is 9.59 Å². The van der Waals surface area contributed by atoms with Crippen LogP contribution in [0.15, 0.2) is 53.5 Å². The van der Waals surface area contributed by atoms with Gasteiger partial charge in [0.25, 0.3) is 11.8 Å². The van der Waals surface area contributed by atoms with Crippen molar-refractivity contribution in [3.63, 3.8) is 0 Å². The number of rotatable bonds is 8. The molecular weight excluding hydrogens is 529 g/mol. The molecule has 2 amide bonds. The normalized spacial score (nSPS) is 13.3. The van der Waals surface area contributed by atoms with Crippen LogP contribution < -0.4 is 10.6 Å². The maximum Gasteiger partial charge on any atom is 0.261 e. The van der Waals surface area contributed by atoms with E-state index in [4.69, 9.17) is 0 Å². The highest BCUT2D eigenvalue weighted by Crippen LogP contribution is 2.23. The number of nitrogens with one attached hydrogen (secondary N) is 3. The summed E-state index contributed by atoms with van der Waals surface area (Å²) in [6.45, 7) is 4.03. The van der Waals surface area contributed by atoms with Gasteiger partial charge in [0.2, 0.25) is 0 Å². The van der Waals surface area contributed by atoms with Gasteiger partial charge >= 0.3 is 0 Å². The summed E-state index contributed by atoms with van der Waals surface area (Å²) in [6, 6.07) is 15.4. The van der Waals surface area contributed by atoms with E-state index in [1.807, 2.05) is 6.07 Å². The summed E-state index contributed by atoms with van der Waals surface area (Å²) >= 11 is 0. The Kier molecular flexibility index (Phi) is 8.49. The zero-order chi connectivity index (χ0) is 22.5. The second kappa shape index (κ2) is 11.3. The number of halogens is 1. The first-order chi connectivity index (χ1) is 15.6. The molecule has 7 nitrogen and oxygen atoms in total. The number of carbonyl (C=O) groups excluding carboxylic acids is 2. The van der Waals surface area contributed by atoms with Crippen molar-refractivity contribution in [2.75, 3.05) is 26.7 Å². The number of H-pyrrole nitrogens is 1. The molecule has 8 heteroatoms. The third-order valence-electron chi connectivity index (χ3n) is 5.90. The first-order valence-electron chi connectivity index (χ1n) is 11.1. The fourth-order valence-electron chi connectivity index (χ4n) is 4.23. The van der Waals surface area contributed by atoms with Gasteiger partial charge in [-0.25, -0.2) is 0 Å². The molecule has 0 fully saturated rings. The van der Waals surface area contributed by atoms with Crippen molar-refractivity contribution in [1.82, 2.24) is 20.5 Å². The SMILES string of the molecule is CN=C(NCCCCN1C(=O)c2ccccc2C1=O)NCCc1c(C)[nH]c2ccccc12.I. The molecule has 2 aromatic carbocycles. The maximum atomic E-state index is 12.4. The number of aromatic nitrogens is 1. The summed E-state index contributed by atoms with van der Waals surface area (Å²) in [4.78, 5) is 33.9. The zero-order valence-corrected chi connectivity index (χ0v) is 21.3. The van der Waals surface area contributed by atoms with Crippen LogP contribution in [0.1, 0.15) is 44.8 Å². The van der Waals surface area contributed by atoms with Gasteiger partial charge in [-0.2, -0.15) is 0 Å². The summed E-state index contributed by atoms with van der Waals surface area (Å²) in [5.41, 5.74) is 4.70. The number of guanidine groups is 1. The standard InChI is InChI=1S/C25H29N5O2.HI/c1-17-18(19-9-5-6-12-22(19)29-17)13-15-28-25(26-2)27-14-7-8-16-30-23(31)20-10-3-4-11-21(20)24(30)32;/h3-6,9-12,29H,7-8,13-16H2,1-2H3,(H2,26,27,28);1H. The van der Waals surface area contributed by atoms with Crippen LogP contribution in [-0.2, 0) is 6.42 Å². The van der Waals surface area contributed by atoms with E-state index in [1.165, 1.54) is 27.1 Å². The quantitative estimate of drug-likeness (QED) is 0.129. The van der Waals surface area contributed by atoms with Crippen LogP contribution in [0.5, 0.6) is 0 Å². The molecule has 0 atom stereocenters. The van der Waals surface area contributed by atoms with E-state index in [-0.39, 0.29) is 35.8 Å². The largest absolute Gasteiger partial charge is 0.358 e. The first-order valence-corrected chi connectivity index (χ1v) is 11.1. The van der Waals surface area contributed by atoms with Crippen LogP contribution in [0.2, 0.25) is 0 Å². The Morgan fingerprint density at radius 3 is 2.27 bits per heavy atom. The van der Waals surface area contributed by atoms with Crippen molar-refractivity contribution in [2.24, 2.45) is 4.99 Å². The number of aromatic amines is 1. The molecular formula is C25H30IN5O2. The van der Waals surface area contributed by atoms with Gasteiger partial charge in [0.1, 0.15) is 0 Å². The van der Waals surface area contributed by atoms with Crippen LogP contribution in [-0.4, -0.2) is 54.3 Å². The minimum Gasteiger partial charge on any atom is -0.358 e. The van der Waals surface area contributed by atoms with Crippen LogP contribution >= 0.6 is 24.0 Å². The number of benzene rings is 2. The number of nitrogens with zero attached hydrogens (tertiary/aromatic N) is 2. The van der Waals surface area contributed by atoms with Crippen LogP contribution in [0.4, 0.5) is 0 Å². The Bertz CT molecular complexity index is 1140. The molecule has 0 spiro atoms. The molecule has 1 aliphatic rings. The van der Waals surface area contributed by atoms with Crippen molar-refractivity contribution in [2.45, 2.75) is 26.2 Å². The first kappa shape index (κ1) is 24.8. The fraction of sp³-hybridized carbons (Fsp3) is 0.320. The predicted octanol–water partition coefficient (Wildman–Crippen LogP) is 3.88. The highest BCUT2D eigenvalue weighted by molar-refractivity contribution is 14.0. The molecule has 0 bridgehead atoms. The summed E-state index contributed by atoms with van der Waals surface area (Å²) in [5, 5.41) is 7.94. The molecule has 0 saturated heterocycles.